The summed E-state index contributed by atoms with van der Waals surface area (Å²) in [6.45, 7) is 1.73. The van der Waals surface area contributed by atoms with E-state index < -0.39 is 5.82 Å². The summed E-state index contributed by atoms with van der Waals surface area (Å²) in [7, 11) is 1.54. The molecule has 1 saturated heterocycles. The standard InChI is InChI=1S/C29H29ClFN7O2/c1-39-25-14-13-20(17-26(25)40-19-22-23(30)11-8-12-24(22)31)18-32-37-28-34-27(33-21-9-4-2-5-10-21)35-29(36-28)38-15-6-3-7-16-38/h2,4-5,8-14,17-18H,3,6-7,15-16,19H2,1H3,(H2,33,34,35,36,37)/b32-18+. The SMILES string of the molecule is COc1ccc(/C=N/Nc2nc(Nc3ccccc3)nc(N3CCCCC3)n2)cc1OCc1c(F)cccc1Cl. The third kappa shape index (κ3) is 6.95. The molecule has 5 rings (SSSR count). The van der Waals surface area contributed by atoms with E-state index in [0.29, 0.717) is 34.4 Å². The fraction of sp³-hybridized carbons (Fsp3) is 0.241. The van der Waals surface area contributed by atoms with Gasteiger partial charge in [-0.25, -0.2) is 9.82 Å². The molecule has 2 N–H and O–H groups in total. The number of hydrogen-bond acceptors (Lipinski definition) is 9. The second-order valence-electron chi connectivity index (χ2n) is 9.09. The molecule has 40 heavy (non-hydrogen) atoms. The Morgan fingerprint density at radius 3 is 2.52 bits per heavy atom. The van der Waals surface area contributed by atoms with Crippen LogP contribution in [0.1, 0.15) is 30.4 Å². The van der Waals surface area contributed by atoms with Gasteiger partial charge in [0.25, 0.3) is 0 Å². The summed E-state index contributed by atoms with van der Waals surface area (Å²) in [5, 5.41) is 7.87. The van der Waals surface area contributed by atoms with Gasteiger partial charge < -0.3 is 19.7 Å². The maximum absolute atomic E-state index is 14.2. The van der Waals surface area contributed by atoms with Crippen LogP contribution in [0.2, 0.25) is 5.02 Å². The molecule has 0 bridgehead atoms. The lowest BCUT2D eigenvalue weighted by Gasteiger charge is -2.26. The average Bonchev–Trinajstić information content (AvgIpc) is 2.98. The van der Waals surface area contributed by atoms with Crippen LogP contribution in [-0.4, -0.2) is 41.4 Å². The van der Waals surface area contributed by atoms with Crippen molar-refractivity contribution in [2.24, 2.45) is 5.10 Å². The summed E-state index contributed by atoms with van der Waals surface area (Å²) in [6.07, 6.45) is 5.00. The molecule has 0 unspecified atom stereocenters. The Morgan fingerprint density at radius 1 is 0.950 bits per heavy atom. The third-order valence-electron chi connectivity index (χ3n) is 6.29. The Balaban J connectivity index is 1.33. The molecule has 1 aromatic heterocycles. The molecule has 206 valence electrons. The van der Waals surface area contributed by atoms with Crippen LogP contribution < -0.4 is 25.1 Å². The van der Waals surface area contributed by atoms with E-state index in [-0.39, 0.29) is 12.2 Å². The van der Waals surface area contributed by atoms with Gasteiger partial charge in [0.15, 0.2) is 11.5 Å². The Morgan fingerprint density at radius 2 is 1.75 bits per heavy atom. The minimum absolute atomic E-state index is 0.0535. The number of para-hydroxylation sites is 1. The molecule has 3 aromatic carbocycles. The molecule has 9 nitrogen and oxygen atoms in total. The molecule has 0 saturated carbocycles. The molecule has 1 aliphatic rings. The largest absolute Gasteiger partial charge is 0.493 e. The fourth-order valence-electron chi connectivity index (χ4n) is 4.23. The lowest BCUT2D eigenvalue weighted by atomic mass is 10.1. The van der Waals surface area contributed by atoms with Gasteiger partial charge in [-0.05, 0) is 67.3 Å². The highest BCUT2D eigenvalue weighted by atomic mass is 35.5. The van der Waals surface area contributed by atoms with Gasteiger partial charge in [-0.15, -0.1) is 0 Å². The summed E-state index contributed by atoms with van der Waals surface area (Å²) >= 11 is 6.14. The number of rotatable bonds is 10. The zero-order valence-corrected chi connectivity index (χ0v) is 22.7. The number of anilines is 4. The summed E-state index contributed by atoms with van der Waals surface area (Å²) < 4.78 is 25.5. The number of halogens is 2. The van der Waals surface area contributed by atoms with Gasteiger partial charge in [-0.3, -0.25) is 0 Å². The van der Waals surface area contributed by atoms with Gasteiger partial charge in [0.1, 0.15) is 12.4 Å². The van der Waals surface area contributed by atoms with Gasteiger partial charge in [0, 0.05) is 24.3 Å². The third-order valence-corrected chi connectivity index (χ3v) is 6.65. The number of nitrogens with one attached hydrogen (secondary N) is 2. The van der Waals surface area contributed by atoms with Crippen LogP contribution in [0.5, 0.6) is 11.5 Å². The number of ether oxygens (including phenoxy) is 2. The van der Waals surface area contributed by atoms with Crippen molar-refractivity contribution >= 4 is 41.3 Å². The summed E-state index contributed by atoms with van der Waals surface area (Å²) in [5.41, 5.74) is 4.78. The molecule has 0 radical (unpaired) electrons. The minimum atomic E-state index is -0.434. The predicted molar refractivity (Wildman–Crippen MR) is 156 cm³/mol. The van der Waals surface area contributed by atoms with Gasteiger partial charge in [0.2, 0.25) is 17.8 Å². The Kier molecular flexibility index (Phi) is 8.87. The molecule has 0 atom stereocenters. The fourth-order valence-corrected chi connectivity index (χ4v) is 4.45. The van der Waals surface area contributed by atoms with Crippen molar-refractivity contribution in [2.75, 3.05) is 35.8 Å². The lowest BCUT2D eigenvalue weighted by Crippen LogP contribution is -2.31. The molecule has 0 spiro atoms. The second kappa shape index (κ2) is 13.1. The number of piperidine rings is 1. The zero-order valence-electron chi connectivity index (χ0n) is 22.0. The maximum Gasteiger partial charge on any atom is 0.250 e. The first kappa shape index (κ1) is 27.1. The Hall–Kier alpha value is -4.44. The van der Waals surface area contributed by atoms with E-state index in [1.807, 2.05) is 36.4 Å². The van der Waals surface area contributed by atoms with Crippen LogP contribution in [-0.2, 0) is 6.61 Å². The Labute approximate surface area is 237 Å². The molecule has 0 aliphatic carbocycles. The van der Waals surface area contributed by atoms with Gasteiger partial charge in [0.05, 0.1) is 18.3 Å². The quantitative estimate of drug-likeness (QED) is 0.169. The highest BCUT2D eigenvalue weighted by Crippen LogP contribution is 2.30. The molecular weight excluding hydrogens is 533 g/mol. The van der Waals surface area contributed by atoms with Gasteiger partial charge in [-0.1, -0.05) is 35.9 Å². The van der Waals surface area contributed by atoms with E-state index in [1.54, 1.807) is 30.5 Å². The number of hydrazone groups is 1. The lowest BCUT2D eigenvalue weighted by molar-refractivity contribution is 0.280. The maximum atomic E-state index is 14.2. The molecule has 2 heterocycles. The topological polar surface area (TPSA) is 96.8 Å². The highest BCUT2D eigenvalue weighted by Gasteiger charge is 2.17. The van der Waals surface area contributed by atoms with E-state index in [0.717, 1.165) is 37.2 Å². The normalized spacial score (nSPS) is 13.3. The Bertz CT molecular complexity index is 1450. The van der Waals surface area contributed by atoms with Crippen molar-refractivity contribution in [3.63, 3.8) is 0 Å². The van der Waals surface area contributed by atoms with E-state index in [4.69, 9.17) is 21.1 Å². The van der Waals surface area contributed by atoms with Crippen LogP contribution in [0.25, 0.3) is 0 Å². The number of aromatic nitrogens is 3. The molecule has 0 amide bonds. The van der Waals surface area contributed by atoms with Crippen molar-refractivity contribution in [2.45, 2.75) is 25.9 Å². The van der Waals surface area contributed by atoms with Crippen LogP contribution in [0, 0.1) is 5.82 Å². The second-order valence-corrected chi connectivity index (χ2v) is 9.50. The van der Waals surface area contributed by atoms with E-state index in [2.05, 4.69) is 35.7 Å². The van der Waals surface area contributed by atoms with Crippen molar-refractivity contribution in [3.05, 3.63) is 88.7 Å². The summed E-state index contributed by atoms with van der Waals surface area (Å²) in [6, 6.07) is 19.5. The van der Waals surface area contributed by atoms with Crippen molar-refractivity contribution in [1.82, 2.24) is 15.0 Å². The minimum Gasteiger partial charge on any atom is -0.493 e. The van der Waals surface area contributed by atoms with Crippen molar-refractivity contribution in [3.8, 4) is 11.5 Å². The van der Waals surface area contributed by atoms with Crippen LogP contribution in [0.15, 0.2) is 71.8 Å². The van der Waals surface area contributed by atoms with Crippen LogP contribution in [0.4, 0.5) is 27.9 Å². The molecular formula is C29H29ClFN7O2. The monoisotopic (exact) mass is 561 g/mol. The van der Waals surface area contributed by atoms with E-state index >= 15 is 0 Å². The molecule has 11 heteroatoms. The number of benzene rings is 3. The van der Waals surface area contributed by atoms with Crippen molar-refractivity contribution in [1.29, 1.82) is 0 Å². The first-order valence-electron chi connectivity index (χ1n) is 12.9. The van der Waals surface area contributed by atoms with Gasteiger partial charge >= 0.3 is 0 Å². The number of methoxy groups -OCH3 is 1. The van der Waals surface area contributed by atoms with Crippen molar-refractivity contribution < 1.29 is 13.9 Å². The van der Waals surface area contributed by atoms with Gasteiger partial charge in [-0.2, -0.15) is 20.1 Å². The van der Waals surface area contributed by atoms with E-state index in [1.165, 1.54) is 19.6 Å². The predicted octanol–water partition coefficient (Wildman–Crippen LogP) is 6.43. The first-order valence-corrected chi connectivity index (χ1v) is 13.3. The zero-order chi connectivity index (χ0) is 27.7. The highest BCUT2D eigenvalue weighted by molar-refractivity contribution is 6.31. The molecule has 1 fully saturated rings. The molecule has 1 aliphatic heterocycles. The summed E-state index contributed by atoms with van der Waals surface area (Å²) in [4.78, 5) is 15.9. The van der Waals surface area contributed by atoms with E-state index in [9.17, 15) is 4.39 Å². The first-order chi connectivity index (χ1) is 19.6. The molecule has 4 aromatic rings. The summed E-state index contributed by atoms with van der Waals surface area (Å²) in [5.74, 6) is 1.81. The average molecular weight is 562 g/mol. The van der Waals surface area contributed by atoms with Crippen LogP contribution in [0.3, 0.4) is 0 Å². The van der Waals surface area contributed by atoms with Crippen LogP contribution >= 0.6 is 11.6 Å². The smallest absolute Gasteiger partial charge is 0.250 e. The number of nitrogens with zero attached hydrogens (tertiary/aromatic N) is 5. The number of hydrogen-bond donors (Lipinski definition) is 2.